The molecule has 1 heterocycles. The summed E-state index contributed by atoms with van der Waals surface area (Å²) in [6, 6.07) is 6.59. The molecule has 2 fully saturated rings. The lowest BCUT2D eigenvalue weighted by Gasteiger charge is -2.32. The smallest absolute Gasteiger partial charge is 0.480 e. The van der Waals surface area contributed by atoms with Crippen LogP contribution < -0.4 is 10.8 Å². The van der Waals surface area contributed by atoms with Crippen molar-refractivity contribution >= 4 is 24.5 Å². The van der Waals surface area contributed by atoms with Crippen LogP contribution in [-0.4, -0.2) is 41.3 Å². The molecule has 7 heteroatoms. The van der Waals surface area contributed by atoms with Crippen LogP contribution in [0.15, 0.2) is 24.3 Å². The fraction of sp³-hybridized carbons (Fsp3) is 0.579. The van der Waals surface area contributed by atoms with Gasteiger partial charge in [0.15, 0.2) is 0 Å². The Morgan fingerprint density at radius 3 is 2.15 bits per heavy atom. The van der Waals surface area contributed by atoms with Crippen molar-refractivity contribution in [2.24, 2.45) is 5.92 Å². The van der Waals surface area contributed by atoms with Gasteiger partial charge in [0.2, 0.25) is 5.91 Å². The molecule has 2 aliphatic rings. The van der Waals surface area contributed by atoms with Crippen LogP contribution in [0.3, 0.4) is 0 Å². The molecule has 1 aromatic rings. The van der Waals surface area contributed by atoms with Gasteiger partial charge in [-0.2, -0.15) is 0 Å². The number of amides is 1. The molecule has 1 saturated carbocycles. The highest BCUT2D eigenvalue weighted by molar-refractivity contribution is 6.62. The lowest BCUT2D eigenvalue weighted by atomic mass is 9.78. The third-order valence-electron chi connectivity index (χ3n) is 5.51. The van der Waals surface area contributed by atoms with Crippen molar-refractivity contribution in [2.45, 2.75) is 64.2 Å². The van der Waals surface area contributed by atoms with Crippen molar-refractivity contribution in [3.63, 3.8) is 0 Å². The van der Waals surface area contributed by atoms with E-state index < -0.39 is 30.3 Å². The van der Waals surface area contributed by atoms with E-state index >= 15 is 0 Å². The summed E-state index contributed by atoms with van der Waals surface area (Å²) in [6.07, 6.45) is 1.94. The maximum atomic E-state index is 11.9. The maximum Gasteiger partial charge on any atom is 0.494 e. The summed E-state index contributed by atoms with van der Waals surface area (Å²) in [4.78, 5) is 23.3. The van der Waals surface area contributed by atoms with E-state index in [1.165, 1.54) is 0 Å². The van der Waals surface area contributed by atoms with Crippen LogP contribution in [0.25, 0.3) is 0 Å². The molecule has 0 radical (unpaired) electrons. The molecule has 1 aromatic carbocycles. The lowest BCUT2D eigenvalue weighted by Crippen LogP contribution is -2.43. The van der Waals surface area contributed by atoms with Gasteiger partial charge in [-0.15, -0.1) is 0 Å². The van der Waals surface area contributed by atoms with E-state index in [1.807, 2.05) is 52.0 Å². The molecule has 2 N–H and O–H groups in total. The first-order valence-corrected chi connectivity index (χ1v) is 9.07. The first kappa shape index (κ1) is 18.9. The topological polar surface area (TPSA) is 84.9 Å². The average molecular weight is 359 g/mol. The minimum absolute atomic E-state index is 0.0115. The molecule has 0 aromatic heterocycles. The van der Waals surface area contributed by atoms with Crippen molar-refractivity contribution in [1.82, 2.24) is 5.32 Å². The molecule has 1 aliphatic carbocycles. The van der Waals surface area contributed by atoms with Crippen molar-refractivity contribution in [3.8, 4) is 0 Å². The minimum Gasteiger partial charge on any atom is -0.480 e. The highest BCUT2D eigenvalue weighted by Crippen LogP contribution is 2.36. The number of hydrogen-bond acceptors (Lipinski definition) is 4. The molecule has 26 heavy (non-hydrogen) atoms. The Labute approximate surface area is 154 Å². The Hall–Kier alpha value is -1.86. The van der Waals surface area contributed by atoms with Crippen LogP contribution in [-0.2, 0) is 25.3 Å². The van der Waals surface area contributed by atoms with Crippen LogP contribution in [0.5, 0.6) is 0 Å². The molecule has 1 amide bonds. The predicted octanol–water partition coefficient (Wildman–Crippen LogP) is 1.51. The molecule has 3 rings (SSSR count). The average Bonchev–Trinajstić information content (AvgIpc) is 3.35. The number of nitrogens with one attached hydrogen (secondary N) is 1. The predicted molar refractivity (Wildman–Crippen MR) is 98.2 cm³/mol. The third kappa shape index (κ3) is 3.94. The second-order valence-electron chi connectivity index (χ2n) is 8.21. The molecular formula is C19H26BNO5. The molecule has 1 aliphatic heterocycles. The van der Waals surface area contributed by atoms with Crippen molar-refractivity contribution in [3.05, 3.63) is 29.8 Å². The first-order valence-electron chi connectivity index (χ1n) is 9.07. The van der Waals surface area contributed by atoms with Gasteiger partial charge in [0.25, 0.3) is 0 Å². The third-order valence-corrected chi connectivity index (χ3v) is 5.51. The number of carboxylic acid groups (broad SMARTS) is 1. The zero-order chi connectivity index (χ0) is 19.1. The van der Waals surface area contributed by atoms with E-state index in [9.17, 15) is 14.7 Å². The number of aliphatic carboxylic acids is 1. The van der Waals surface area contributed by atoms with E-state index in [0.29, 0.717) is 0 Å². The second kappa shape index (κ2) is 6.70. The zero-order valence-corrected chi connectivity index (χ0v) is 15.7. The molecule has 0 unspecified atom stereocenters. The fourth-order valence-electron chi connectivity index (χ4n) is 2.86. The van der Waals surface area contributed by atoms with Gasteiger partial charge in [-0.3, -0.25) is 4.79 Å². The van der Waals surface area contributed by atoms with Crippen LogP contribution in [0.1, 0.15) is 46.1 Å². The summed E-state index contributed by atoms with van der Waals surface area (Å²) in [5, 5.41) is 12.0. The van der Waals surface area contributed by atoms with E-state index in [4.69, 9.17) is 9.31 Å². The summed E-state index contributed by atoms with van der Waals surface area (Å²) in [7, 11) is -0.445. The molecule has 6 nitrogen and oxygen atoms in total. The highest BCUT2D eigenvalue weighted by Gasteiger charge is 2.51. The molecular weight excluding hydrogens is 333 g/mol. The van der Waals surface area contributed by atoms with Crippen molar-refractivity contribution in [2.75, 3.05) is 0 Å². The van der Waals surface area contributed by atoms with Gasteiger partial charge in [-0.25, -0.2) is 4.79 Å². The number of carbonyl (C=O) groups excluding carboxylic acids is 1. The SMILES string of the molecule is CC1(C)OB(c2ccc(C[C@@H](NC(=O)C3CC3)C(=O)O)cc2)OC1(C)C. The van der Waals surface area contributed by atoms with Gasteiger partial charge < -0.3 is 19.7 Å². The summed E-state index contributed by atoms with van der Waals surface area (Å²) >= 11 is 0. The van der Waals surface area contributed by atoms with Crippen molar-refractivity contribution in [1.29, 1.82) is 0 Å². The highest BCUT2D eigenvalue weighted by atomic mass is 16.7. The van der Waals surface area contributed by atoms with Crippen LogP contribution in [0, 0.1) is 5.92 Å². The number of carbonyl (C=O) groups is 2. The maximum absolute atomic E-state index is 11.9. The molecule has 0 bridgehead atoms. The Kier molecular flexibility index (Phi) is 4.88. The minimum atomic E-state index is -1.02. The van der Waals surface area contributed by atoms with Crippen LogP contribution in [0.2, 0.25) is 0 Å². The lowest BCUT2D eigenvalue weighted by molar-refractivity contribution is -0.142. The van der Waals surface area contributed by atoms with E-state index in [-0.39, 0.29) is 18.2 Å². The summed E-state index contributed by atoms with van der Waals surface area (Å²) in [5.41, 5.74) is 0.922. The van der Waals surface area contributed by atoms with Crippen LogP contribution >= 0.6 is 0 Å². The Morgan fingerprint density at radius 1 is 1.15 bits per heavy atom. The largest absolute Gasteiger partial charge is 0.494 e. The quantitative estimate of drug-likeness (QED) is 0.752. The Balaban J connectivity index is 1.65. The Bertz CT molecular complexity index is 680. The van der Waals surface area contributed by atoms with Gasteiger partial charge >= 0.3 is 13.1 Å². The van der Waals surface area contributed by atoms with Gasteiger partial charge in [-0.1, -0.05) is 24.3 Å². The number of carboxylic acids is 1. The summed E-state index contributed by atoms with van der Waals surface area (Å²) < 4.78 is 12.0. The second-order valence-corrected chi connectivity index (χ2v) is 8.21. The van der Waals surface area contributed by atoms with Gasteiger partial charge in [0.05, 0.1) is 11.2 Å². The number of rotatable bonds is 6. The van der Waals surface area contributed by atoms with E-state index in [1.54, 1.807) is 0 Å². The van der Waals surface area contributed by atoms with E-state index in [2.05, 4.69) is 5.32 Å². The van der Waals surface area contributed by atoms with Gasteiger partial charge in [0.1, 0.15) is 6.04 Å². The molecule has 1 saturated heterocycles. The number of hydrogen-bond donors (Lipinski definition) is 2. The Morgan fingerprint density at radius 2 is 1.69 bits per heavy atom. The molecule has 140 valence electrons. The van der Waals surface area contributed by atoms with Crippen LogP contribution in [0.4, 0.5) is 0 Å². The standard InChI is InChI=1S/C19H26BNO5/c1-18(2)19(3,4)26-20(25-18)14-9-5-12(6-10-14)11-15(17(23)24)21-16(22)13-7-8-13/h5-6,9-10,13,15H,7-8,11H2,1-4H3,(H,21,22)(H,23,24)/t15-/m1/s1. The van der Waals surface area contributed by atoms with Gasteiger partial charge in [0, 0.05) is 12.3 Å². The zero-order valence-electron chi connectivity index (χ0n) is 15.7. The normalized spacial score (nSPS) is 22.1. The number of benzene rings is 1. The summed E-state index contributed by atoms with van der Waals surface area (Å²) in [5.74, 6) is -1.19. The summed E-state index contributed by atoms with van der Waals surface area (Å²) in [6.45, 7) is 8.01. The molecule has 1 atom stereocenters. The molecule has 0 spiro atoms. The van der Waals surface area contributed by atoms with Gasteiger partial charge in [-0.05, 0) is 51.6 Å². The van der Waals surface area contributed by atoms with E-state index in [0.717, 1.165) is 23.9 Å². The fourth-order valence-corrected chi connectivity index (χ4v) is 2.86. The monoisotopic (exact) mass is 359 g/mol. The first-order chi connectivity index (χ1) is 12.1. The van der Waals surface area contributed by atoms with Crippen molar-refractivity contribution < 1.29 is 24.0 Å².